The Labute approximate surface area is 108 Å². The molecule has 0 aliphatic rings. The van der Waals surface area contributed by atoms with E-state index in [2.05, 4.69) is 11.4 Å². The number of benzene rings is 1. The van der Waals surface area contributed by atoms with Crippen molar-refractivity contribution in [1.82, 2.24) is 5.32 Å². The topological polar surface area (TPSA) is 62.1 Å². The van der Waals surface area contributed by atoms with Crippen LogP contribution < -0.4 is 10.1 Å². The Morgan fingerprint density at radius 3 is 3.00 bits per heavy atom. The molecule has 1 atom stereocenters. The van der Waals surface area contributed by atoms with Crippen molar-refractivity contribution in [2.45, 2.75) is 20.3 Å². The van der Waals surface area contributed by atoms with Crippen molar-refractivity contribution in [1.29, 1.82) is 5.26 Å². The fourth-order valence-corrected chi connectivity index (χ4v) is 1.37. The molecule has 0 aliphatic heterocycles. The van der Waals surface area contributed by atoms with Gasteiger partial charge in [0.25, 0.3) is 0 Å². The summed E-state index contributed by atoms with van der Waals surface area (Å²) >= 11 is 0. The lowest BCUT2D eigenvalue weighted by atomic mass is 10.2. The Balaban J connectivity index is 2.22. The maximum atomic E-state index is 11.4. The van der Waals surface area contributed by atoms with Gasteiger partial charge in [-0.3, -0.25) is 4.79 Å². The van der Waals surface area contributed by atoms with E-state index in [1.54, 1.807) is 6.92 Å². The van der Waals surface area contributed by atoms with Crippen LogP contribution in [0.3, 0.4) is 0 Å². The molecule has 0 bridgehead atoms. The van der Waals surface area contributed by atoms with Crippen LogP contribution in [0.1, 0.15) is 18.9 Å². The summed E-state index contributed by atoms with van der Waals surface area (Å²) in [5, 5.41) is 11.3. The van der Waals surface area contributed by atoms with Gasteiger partial charge in [0.05, 0.1) is 25.0 Å². The van der Waals surface area contributed by atoms with Crippen LogP contribution in [-0.4, -0.2) is 19.1 Å². The highest BCUT2D eigenvalue weighted by Crippen LogP contribution is 2.12. The van der Waals surface area contributed by atoms with Crippen LogP contribution in [0.4, 0.5) is 0 Å². The van der Waals surface area contributed by atoms with Crippen molar-refractivity contribution in [3.8, 4) is 11.8 Å². The molecule has 1 N–H and O–H groups in total. The maximum Gasteiger partial charge on any atom is 0.223 e. The molecule has 0 radical (unpaired) electrons. The molecule has 0 fully saturated rings. The first kappa shape index (κ1) is 14.0. The van der Waals surface area contributed by atoms with Crippen LogP contribution in [0.15, 0.2) is 24.3 Å². The molecule has 0 saturated carbocycles. The zero-order valence-corrected chi connectivity index (χ0v) is 10.8. The third-order valence-electron chi connectivity index (χ3n) is 2.41. The lowest BCUT2D eigenvalue weighted by Gasteiger charge is -2.08. The summed E-state index contributed by atoms with van der Waals surface area (Å²) in [4.78, 5) is 11.4. The van der Waals surface area contributed by atoms with Crippen LogP contribution in [-0.2, 0) is 4.79 Å². The van der Waals surface area contributed by atoms with E-state index in [4.69, 9.17) is 10.00 Å². The lowest BCUT2D eigenvalue weighted by Crippen LogP contribution is -2.28. The summed E-state index contributed by atoms with van der Waals surface area (Å²) < 4.78 is 5.46. The molecule has 0 saturated heterocycles. The summed E-state index contributed by atoms with van der Waals surface area (Å²) in [7, 11) is 0. The van der Waals surface area contributed by atoms with Gasteiger partial charge in [0.15, 0.2) is 0 Å². The molecular formula is C14H18N2O2. The molecular weight excluding hydrogens is 228 g/mol. The third-order valence-corrected chi connectivity index (χ3v) is 2.41. The van der Waals surface area contributed by atoms with Gasteiger partial charge in [-0.05, 0) is 31.5 Å². The third kappa shape index (κ3) is 5.35. The average Bonchev–Trinajstić information content (AvgIpc) is 2.36. The number of nitrogens with zero attached hydrogens (tertiary/aromatic N) is 1. The zero-order chi connectivity index (χ0) is 13.4. The zero-order valence-electron chi connectivity index (χ0n) is 10.8. The predicted octanol–water partition coefficient (Wildman–Crippen LogP) is 2.04. The molecule has 1 aromatic rings. The van der Waals surface area contributed by atoms with Gasteiger partial charge in [-0.25, -0.2) is 0 Å². The molecule has 0 heterocycles. The molecule has 0 aliphatic carbocycles. The van der Waals surface area contributed by atoms with Crippen LogP contribution >= 0.6 is 0 Å². The summed E-state index contributed by atoms with van der Waals surface area (Å²) in [5.74, 6) is 0.518. The molecule has 0 aromatic heterocycles. The standard InChI is InChI=1S/C14H18N2O2/c1-11-4-3-5-13(8-11)18-7-6-14(17)16-10-12(2)9-15/h3-5,8,12H,6-7,10H2,1-2H3,(H,16,17). The van der Waals surface area contributed by atoms with Gasteiger partial charge in [-0.15, -0.1) is 0 Å². The number of rotatable bonds is 6. The van der Waals surface area contributed by atoms with Gasteiger partial charge in [0.1, 0.15) is 5.75 Å². The highest BCUT2D eigenvalue weighted by molar-refractivity contribution is 5.76. The Hall–Kier alpha value is -2.02. The molecule has 18 heavy (non-hydrogen) atoms. The van der Waals surface area contributed by atoms with Crippen LogP contribution in [0, 0.1) is 24.2 Å². The van der Waals surface area contributed by atoms with Crippen molar-refractivity contribution < 1.29 is 9.53 Å². The van der Waals surface area contributed by atoms with E-state index in [0.29, 0.717) is 19.6 Å². The van der Waals surface area contributed by atoms with Gasteiger partial charge in [0, 0.05) is 6.54 Å². The maximum absolute atomic E-state index is 11.4. The van der Waals surface area contributed by atoms with E-state index in [0.717, 1.165) is 11.3 Å². The number of carbonyl (C=O) groups excluding carboxylic acids is 1. The van der Waals surface area contributed by atoms with Gasteiger partial charge in [0.2, 0.25) is 5.91 Å². The highest BCUT2D eigenvalue weighted by atomic mass is 16.5. The second-order valence-electron chi connectivity index (χ2n) is 4.25. The van der Waals surface area contributed by atoms with E-state index in [-0.39, 0.29) is 11.8 Å². The van der Waals surface area contributed by atoms with Crippen molar-refractivity contribution in [2.75, 3.05) is 13.2 Å². The second kappa shape index (κ2) is 7.33. The SMILES string of the molecule is Cc1cccc(OCCC(=O)NCC(C)C#N)c1. The van der Waals surface area contributed by atoms with Crippen LogP contribution in [0.5, 0.6) is 5.75 Å². The summed E-state index contributed by atoms with van der Waals surface area (Å²) in [5.41, 5.74) is 1.12. The predicted molar refractivity (Wildman–Crippen MR) is 69.1 cm³/mol. The van der Waals surface area contributed by atoms with Crippen molar-refractivity contribution in [3.05, 3.63) is 29.8 Å². The minimum Gasteiger partial charge on any atom is -0.493 e. The first-order chi connectivity index (χ1) is 8.61. The van der Waals surface area contributed by atoms with Gasteiger partial charge in [-0.2, -0.15) is 5.26 Å². The minimum absolute atomic E-state index is 0.0928. The number of hydrogen-bond donors (Lipinski definition) is 1. The number of aryl methyl sites for hydroxylation is 1. The Morgan fingerprint density at radius 2 is 2.33 bits per heavy atom. The fraction of sp³-hybridized carbons (Fsp3) is 0.429. The Kier molecular flexibility index (Phi) is 5.72. The molecule has 4 heteroatoms. The number of amides is 1. The number of nitrogens with one attached hydrogen (secondary N) is 1. The summed E-state index contributed by atoms with van der Waals surface area (Å²) in [6.45, 7) is 4.49. The largest absolute Gasteiger partial charge is 0.493 e. The van der Waals surface area contributed by atoms with Crippen molar-refractivity contribution in [3.63, 3.8) is 0 Å². The average molecular weight is 246 g/mol. The first-order valence-electron chi connectivity index (χ1n) is 5.97. The molecule has 1 rings (SSSR count). The van der Waals surface area contributed by atoms with Crippen LogP contribution in [0.25, 0.3) is 0 Å². The number of carbonyl (C=O) groups is 1. The smallest absolute Gasteiger partial charge is 0.223 e. The first-order valence-corrected chi connectivity index (χ1v) is 5.97. The molecule has 0 spiro atoms. The van der Waals surface area contributed by atoms with E-state index in [1.807, 2.05) is 31.2 Å². The van der Waals surface area contributed by atoms with E-state index in [1.165, 1.54) is 0 Å². The van der Waals surface area contributed by atoms with Gasteiger partial charge < -0.3 is 10.1 Å². The lowest BCUT2D eigenvalue weighted by molar-refractivity contribution is -0.121. The van der Waals surface area contributed by atoms with E-state index < -0.39 is 0 Å². The molecule has 1 aromatic carbocycles. The number of ether oxygens (including phenoxy) is 1. The van der Waals surface area contributed by atoms with Crippen molar-refractivity contribution >= 4 is 5.91 Å². The number of hydrogen-bond acceptors (Lipinski definition) is 3. The Bertz CT molecular complexity index is 438. The van der Waals surface area contributed by atoms with Crippen LogP contribution in [0.2, 0.25) is 0 Å². The second-order valence-corrected chi connectivity index (χ2v) is 4.25. The highest BCUT2D eigenvalue weighted by Gasteiger charge is 2.04. The molecule has 4 nitrogen and oxygen atoms in total. The van der Waals surface area contributed by atoms with E-state index >= 15 is 0 Å². The molecule has 96 valence electrons. The fourth-order valence-electron chi connectivity index (χ4n) is 1.37. The number of nitriles is 1. The minimum atomic E-state index is -0.161. The molecule has 1 unspecified atom stereocenters. The van der Waals surface area contributed by atoms with Gasteiger partial charge >= 0.3 is 0 Å². The monoisotopic (exact) mass is 246 g/mol. The molecule has 1 amide bonds. The summed E-state index contributed by atoms with van der Waals surface area (Å²) in [6, 6.07) is 9.76. The van der Waals surface area contributed by atoms with Gasteiger partial charge in [-0.1, -0.05) is 12.1 Å². The van der Waals surface area contributed by atoms with Crippen molar-refractivity contribution in [2.24, 2.45) is 5.92 Å². The normalized spacial score (nSPS) is 11.4. The Morgan fingerprint density at radius 1 is 1.56 bits per heavy atom. The quantitative estimate of drug-likeness (QED) is 0.835. The van der Waals surface area contributed by atoms with E-state index in [9.17, 15) is 4.79 Å². The summed E-state index contributed by atoms with van der Waals surface area (Å²) in [6.07, 6.45) is 0.298.